The lowest BCUT2D eigenvalue weighted by atomic mass is 9.98. The van der Waals surface area contributed by atoms with Crippen LogP contribution in [0.25, 0.3) is 11.5 Å². The van der Waals surface area contributed by atoms with Crippen molar-refractivity contribution in [3.8, 4) is 11.5 Å². The van der Waals surface area contributed by atoms with Crippen molar-refractivity contribution in [1.82, 2.24) is 15.2 Å². The highest BCUT2D eigenvalue weighted by molar-refractivity contribution is 5.74. The normalized spacial score (nSPS) is 15.5. The Kier molecular flexibility index (Phi) is 5.48. The summed E-state index contributed by atoms with van der Waals surface area (Å²) >= 11 is 0. The molecular weight excluding hydrogens is 306 g/mol. The van der Waals surface area contributed by atoms with Crippen LogP contribution in [0.1, 0.15) is 18.5 Å². The number of oxazole rings is 1. The van der Waals surface area contributed by atoms with E-state index in [-0.39, 0.29) is 12.6 Å². The Bertz CT molecular complexity index is 649. The zero-order chi connectivity index (χ0) is 16.8. The van der Waals surface area contributed by atoms with Gasteiger partial charge in [0.05, 0.1) is 5.69 Å². The highest BCUT2D eigenvalue weighted by atomic mass is 16.3. The third-order valence-electron chi connectivity index (χ3n) is 4.39. The van der Waals surface area contributed by atoms with Gasteiger partial charge >= 0.3 is 6.03 Å². The summed E-state index contributed by atoms with van der Waals surface area (Å²) in [4.78, 5) is 18.4. The molecule has 0 atom stereocenters. The topological polar surface area (TPSA) is 78.6 Å². The maximum Gasteiger partial charge on any atom is 0.317 e. The largest absolute Gasteiger partial charge is 0.444 e. The van der Waals surface area contributed by atoms with E-state index in [1.807, 2.05) is 35.2 Å². The van der Waals surface area contributed by atoms with E-state index in [1.165, 1.54) is 0 Å². The molecule has 3 rings (SSSR count). The first-order valence-electron chi connectivity index (χ1n) is 8.39. The number of carbonyl (C=O) groups is 1. The Hall–Kier alpha value is -2.34. The number of likely N-dealkylation sites (tertiary alicyclic amines) is 1. The molecule has 1 aromatic heterocycles. The van der Waals surface area contributed by atoms with Gasteiger partial charge in [0, 0.05) is 38.2 Å². The number of urea groups is 1. The van der Waals surface area contributed by atoms with Gasteiger partial charge in [-0.2, -0.15) is 0 Å². The summed E-state index contributed by atoms with van der Waals surface area (Å²) in [5.74, 6) is 0.934. The molecule has 6 nitrogen and oxygen atoms in total. The van der Waals surface area contributed by atoms with Gasteiger partial charge in [-0.1, -0.05) is 18.2 Å². The number of amides is 2. The maximum absolute atomic E-state index is 12.1. The number of hydrogen-bond donors (Lipinski definition) is 2. The van der Waals surface area contributed by atoms with Gasteiger partial charge in [-0.05, 0) is 30.9 Å². The number of aromatic nitrogens is 1. The minimum atomic E-state index is -0.0434. The molecule has 0 spiro atoms. The van der Waals surface area contributed by atoms with Crippen molar-refractivity contribution in [3.63, 3.8) is 0 Å². The van der Waals surface area contributed by atoms with Crippen LogP contribution in [0.2, 0.25) is 0 Å². The van der Waals surface area contributed by atoms with Gasteiger partial charge in [0.2, 0.25) is 5.89 Å². The molecule has 24 heavy (non-hydrogen) atoms. The number of nitrogens with one attached hydrogen (secondary N) is 1. The van der Waals surface area contributed by atoms with Crippen molar-refractivity contribution in [1.29, 1.82) is 0 Å². The lowest BCUT2D eigenvalue weighted by Crippen LogP contribution is -2.45. The van der Waals surface area contributed by atoms with Gasteiger partial charge < -0.3 is 19.7 Å². The zero-order valence-corrected chi connectivity index (χ0v) is 13.6. The Morgan fingerprint density at radius 2 is 2.04 bits per heavy atom. The van der Waals surface area contributed by atoms with E-state index in [0.29, 0.717) is 37.9 Å². The highest BCUT2D eigenvalue weighted by Gasteiger charge is 2.21. The van der Waals surface area contributed by atoms with E-state index in [1.54, 1.807) is 6.26 Å². The monoisotopic (exact) mass is 329 g/mol. The average Bonchev–Trinajstić information content (AvgIpc) is 3.11. The summed E-state index contributed by atoms with van der Waals surface area (Å²) in [6, 6.07) is 9.70. The number of aliphatic hydroxyl groups is 1. The standard InChI is InChI=1S/C18H23N3O3/c22-12-14-7-10-21(11-8-14)18(23)19-9-6-16-13-24-17(20-16)15-4-2-1-3-5-15/h1-5,13-14,22H,6-12H2,(H,19,23). The van der Waals surface area contributed by atoms with E-state index in [0.717, 1.165) is 24.1 Å². The second-order valence-electron chi connectivity index (χ2n) is 6.10. The van der Waals surface area contributed by atoms with Crippen LogP contribution < -0.4 is 5.32 Å². The summed E-state index contributed by atoms with van der Waals surface area (Å²) in [5, 5.41) is 12.1. The Morgan fingerprint density at radius 1 is 1.29 bits per heavy atom. The number of aliphatic hydroxyl groups excluding tert-OH is 1. The Labute approximate surface area is 141 Å². The fourth-order valence-corrected chi connectivity index (χ4v) is 2.86. The number of hydrogen-bond acceptors (Lipinski definition) is 4. The first-order chi connectivity index (χ1) is 11.8. The number of rotatable bonds is 5. The lowest BCUT2D eigenvalue weighted by Gasteiger charge is -2.31. The van der Waals surface area contributed by atoms with E-state index in [9.17, 15) is 4.79 Å². The predicted octanol–water partition coefficient (Wildman–Crippen LogP) is 2.30. The molecule has 128 valence electrons. The van der Waals surface area contributed by atoms with Crippen molar-refractivity contribution in [2.75, 3.05) is 26.2 Å². The summed E-state index contributed by atoms with van der Waals surface area (Å²) < 4.78 is 5.49. The fourth-order valence-electron chi connectivity index (χ4n) is 2.86. The van der Waals surface area contributed by atoms with E-state index < -0.39 is 0 Å². The second kappa shape index (κ2) is 7.97. The van der Waals surface area contributed by atoms with E-state index in [4.69, 9.17) is 9.52 Å². The molecule has 0 radical (unpaired) electrons. The van der Waals surface area contributed by atoms with Gasteiger partial charge in [0.15, 0.2) is 0 Å². The van der Waals surface area contributed by atoms with Crippen LogP contribution >= 0.6 is 0 Å². The quantitative estimate of drug-likeness (QED) is 0.882. The molecule has 2 N–H and O–H groups in total. The zero-order valence-electron chi connectivity index (χ0n) is 13.6. The average molecular weight is 329 g/mol. The molecule has 1 saturated heterocycles. The van der Waals surface area contributed by atoms with Crippen molar-refractivity contribution in [2.45, 2.75) is 19.3 Å². The van der Waals surface area contributed by atoms with Crippen LogP contribution in [0.3, 0.4) is 0 Å². The molecule has 1 aliphatic heterocycles. The van der Waals surface area contributed by atoms with Gasteiger partial charge in [0.1, 0.15) is 6.26 Å². The molecule has 1 aliphatic rings. The third-order valence-corrected chi connectivity index (χ3v) is 4.39. The van der Waals surface area contributed by atoms with Crippen LogP contribution in [0.5, 0.6) is 0 Å². The van der Waals surface area contributed by atoms with Gasteiger partial charge in [-0.3, -0.25) is 0 Å². The minimum absolute atomic E-state index is 0.0434. The van der Waals surface area contributed by atoms with Crippen molar-refractivity contribution in [3.05, 3.63) is 42.3 Å². The fraction of sp³-hybridized carbons (Fsp3) is 0.444. The van der Waals surface area contributed by atoms with Gasteiger partial charge in [0.25, 0.3) is 0 Å². The molecule has 0 saturated carbocycles. The number of piperidine rings is 1. The van der Waals surface area contributed by atoms with E-state index >= 15 is 0 Å². The molecule has 0 unspecified atom stereocenters. The summed E-state index contributed by atoms with van der Waals surface area (Å²) in [6.45, 7) is 2.16. The van der Waals surface area contributed by atoms with E-state index in [2.05, 4.69) is 10.3 Å². The van der Waals surface area contributed by atoms with Crippen molar-refractivity contribution >= 4 is 6.03 Å². The summed E-state index contributed by atoms with van der Waals surface area (Å²) in [7, 11) is 0. The van der Waals surface area contributed by atoms with Crippen LogP contribution in [0, 0.1) is 5.92 Å². The molecule has 0 aliphatic carbocycles. The van der Waals surface area contributed by atoms with Gasteiger partial charge in [-0.15, -0.1) is 0 Å². The van der Waals surface area contributed by atoms with Crippen molar-refractivity contribution < 1.29 is 14.3 Å². The number of carbonyl (C=O) groups excluding carboxylic acids is 1. The molecule has 1 aromatic carbocycles. The van der Waals surface area contributed by atoms with Crippen LogP contribution in [-0.2, 0) is 6.42 Å². The van der Waals surface area contributed by atoms with Crippen LogP contribution in [0.15, 0.2) is 41.0 Å². The lowest BCUT2D eigenvalue weighted by molar-refractivity contribution is 0.137. The highest BCUT2D eigenvalue weighted by Crippen LogP contribution is 2.18. The molecule has 6 heteroatoms. The summed E-state index contributed by atoms with van der Waals surface area (Å²) in [6.07, 6.45) is 4.01. The Morgan fingerprint density at radius 3 is 2.75 bits per heavy atom. The molecule has 1 fully saturated rings. The first-order valence-corrected chi connectivity index (χ1v) is 8.39. The number of nitrogens with zero attached hydrogens (tertiary/aromatic N) is 2. The smallest absolute Gasteiger partial charge is 0.317 e. The second-order valence-corrected chi connectivity index (χ2v) is 6.10. The molecule has 2 amide bonds. The third kappa shape index (κ3) is 4.14. The van der Waals surface area contributed by atoms with Crippen LogP contribution in [0.4, 0.5) is 4.79 Å². The molecule has 2 aromatic rings. The van der Waals surface area contributed by atoms with Gasteiger partial charge in [-0.25, -0.2) is 9.78 Å². The van der Waals surface area contributed by atoms with Crippen molar-refractivity contribution in [2.24, 2.45) is 5.92 Å². The maximum atomic E-state index is 12.1. The number of benzene rings is 1. The molecule has 2 heterocycles. The Balaban J connectivity index is 1.44. The first kappa shape index (κ1) is 16.5. The minimum Gasteiger partial charge on any atom is -0.444 e. The molecular formula is C18H23N3O3. The van der Waals surface area contributed by atoms with Crippen LogP contribution in [-0.4, -0.2) is 47.3 Å². The predicted molar refractivity (Wildman–Crippen MR) is 90.4 cm³/mol. The summed E-state index contributed by atoms with van der Waals surface area (Å²) in [5.41, 5.74) is 1.77. The SMILES string of the molecule is O=C(NCCc1coc(-c2ccccc2)n1)N1CCC(CO)CC1. The molecule has 0 bridgehead atoms.